The van der Waals surface area contributed by atoms with Crippen LogP contribution in [-0.2, 0) is 18.5 Å². The van der Waals surface area contributed by atoms with E-state index in [1.165, 1.54) is 0 Å². The monoisotopic (exact) mass is 382 g/mol. The van der Waals surface area contributed by atoms with Gasteiger partial charge in [-0.25, -0.2) is 14.8 Å². The van der Waals surface area contributed by atoms with Crippen LogP contribution in [0.2, 0.25) is 25.7 Å². The molecular formula is C20H26N4O2Si. The second-order valence-corrected chi connectivity index (χ2v) is 13.4. The summed E-state index contributed by atoms with van der Waals surface area (Å²) in [6.07, 6.45) is 5.49. The number of ether oxygens (including phenoxy) is 1. The number of imidazole rings is 1. The van der Waals surface area contributed by atoms with Gasteiger partial charge in [-0.1, -0.05) is 56.0 Å². The highest BCUT2D eigenvalue weighted by molar-refractivity contribution is 6.76. The lowest BCUT2D eigenvalue weighted by Crippen LogP contribution is -2.25. The highest BCUT2D eigenvalue weighted by Crippen LogP contribution is 2.12. The van der Waals surface area contributed by atoms with Crippen LogP contribution in [0.5, 0.6) is 0 Å². The molecule has 0 bridgehead atoms. The molecule has 0 unspecified atom stereocenters. The SMILES string of the molecule is Cn1c(=O)n(COCC[Si](C)(C)C)c2cnc(C=Cc3ccccc3)nc21. The van der Waals surface area contributed by atoms with Gasteiger partial charge in [-0.2, -0.15) is 0 Å². The van der Waals surface area contributed by atoms with Crippen molar-refractivity contribution in [3.8, 4) is 0 Å². The second-order valence-electron chi connectivity index (χ2n) is 7.80. The third-order valence-electron chi connectivity index (χ3n) is 4.34. The molecule has 0 spiro atoms. The molecule has 7 heteroatoms. The smallest absolute Gasteiger partial charge is 0.332 e. The molecule has 142 valence electrons. The Hall–Kier alpha value is -2.51. The molecule has 2 heterocycles. The number of hydrogen-bond acceptors (Lipinski definition) is 4. The first-order valence-electron chi connectivity index (χ1n) is 9.08. The second kappa shape index (κ2) is 8.02. The molecule has 0 N–H and O–H groups in total. The van der Waals surface area contributed by atoms with Crippen LogP contribution in [0.15, 0.2) is 41.3 Å². The first-order valence-corrected chi connectivity index (χ1v) is 12.8. The van der Waals surface area contributed by atoms with Crippen LogP contribution < -0.4 is 5.69 Å². The van der Waals surface area contributed by atoms with Crippen LogP contribution >= 0.6 is 0 Å². The van der Waals surface area contributed by atoms with Gasteiger partial charge in [-0.3, -0.25) is 9.13 Å². The Morgan fingerprint density at radius 3 is 2.59 bits per heavy atom. The van der Waals surface area contributed by atoms with E-state index in [4.69, 9.17) is 4.74 Å². The number of aryl methyl sites for hydroxylation is 1. The van der Waals surface area contributed by atoms with Crippen LogP contribution in [-0.4, -0.2) is 33.8 Å². The van der Waals surface area contributed by atoms with Gasteiger partial charge in [0.1, 0.15) is 12.2 Å². The molecular weight excluding hydrogens is 356 g/mol. The Morgan fingerprint density at radius 2 is 1.89 bits per heavy atom. The summed E-state index contributed by atoms with van der Waals surface area (Å²) in [7, 11) is 0.571. The average Bonchev–Trinajstić information content (AvgIpc) is 2.88. The fraction of sp³-hybridized carbons (Fsp3) is 0.350. The minimum Gasteiger partial charge on any atom is -0.361 e. The van der Waals surface area contributed by atoms with Crippen LogP contribution in [0.4, 0.5) is 0 Å². The molecule has 0 radical (unpaired) electrons. The number of aromatic nitrogens is 4. The highest BCUT2D eigenvalue weighted by Gasteiger charge is 2.15. The van der Waals surface area contributed by atoms with E-state index in [1.807, 2.05) is 42.5 Å². The molecule has 0 saturated heterocycles. The van der Waals surface area contributed by atoms with Crippen molar-refractivity contribution in [3.05, 3.63) is 58.4 Å². The Bertz CT molecular complexity index is 1000. The molecule has 0 aliphatic heterocycles. The van der Waals surface area contributed by atoms with Crippen LogP contribution in [0.3, 0.4) is 0 Å². The highest BCUT2D eigenvalue weighted by atomic mass is 28.3. The summed E-state index contributed by atoms with van der Waals surface area (Å²) >= 11 is 0. The van der Waals surface area contributed by atoms with Crippen LogP contribution in [0, 0.1) is 0 Å². The van der Waals surface area contributed by atoms with Crippen molar-refractivity contribution >= 4 is 31.4 Å². The van der Waals surface area contributed by atoms with Gasteiger partial charge in [0.25, 0.3) is 0 Å². The summed E-state index contributed by atoms with van der Waals surface area (Å²) in [4.78, 5) is 21.5. The molecule has 0 saturated carbocycles. The Labute approximate surface area is 160 Å². The molecule has 0 fully saturated rings. The summed E-state index contributed by atoms with van der Waals surface area (Å²) in [5.41, 5.74) is 2.23. The van der Waals surface area contributed by atoms with Crippen molar-refractivity contribution in [1.82, 2.24) is 19.1 Å². The van der Waals surface area contributed by atoms with Gasteiger partial charge < -0.3 is 4.74 Å². The fourth-order valence-corrected chi connectivity index (χ4v) is 3.42. The minimum atomic E-state index is -1.15. The van der Waals surface area contributed by atoms with Crippen molar-refractivity contribution in [2.75, 3.05) is 6.61 Å². The molecule has 3 aromatic rings. The maximum Gasteiger partial charge on any atom is 0.332 e. The van der Waals surface area contributed by atoms with Crippen molar-refractivity contribution in [2.45, 2.75) is 32.4 Å². The molecule has 0 amide bonds. The predicted octanol–water partition coefficient (Wildman–Crippen LogP) is 3.61. The maximum atomic E-state index is 12.5. The third kappa shape index (κ3) is 4.81. The molecule has 3 rings (SSSR count). The van der Waals surface area contributed by atoms with E-state index in [0.29, 0.717) is 23.6 Å². The zero-order valence-corrected chi connectivity index (χ0v) is 17.3. The standard InChI is InChI=1S/C20H26N4O2Si/c1-23-19-17(24(20(23)25)15-26-12-13-27(2,3)4)14-21-18(22-19)11-10-16-8-6-5-7-9-16/h5-11,14H,12-13,15H2,1-4H3. The minimum absolute atomic E-state index is 0.142. The van der Waals surface area contributed by atoms with Gasteiger partial charge in [0, 0.05) is 21.7 Å². The first-order chi connectivity index (χ1) is 12.8. The summed E-state index contributed by atoms with van der Waals surface area (Å²) in [6.45, 7) is 7.80. The van der Waals surface area contributed by atoms with Gasteiger partial charge in [0.05, 0.1) is 6.20 Å². The van der Waals surface area contributed by atoms with Gasteiger partial charge in [-0.15, -0.1) is 0 Å². The topological polar surface area (TPSA) is 61.9 Å². The molecule has 27 heavy (non-hydrogen) atoms. The summed E-state index contributed by atoms with van der Waals surface area (Å²) in [6, 6.07) is 11.0. The molecule has 1 aromatic carbocycles. The molecule has 0 atom stereocenters. The molecule has 6 nitrogen and oxygen atoms in total. The van der Waals surface area contributed by atoms with E-state index >= 15 is 0 Å². The zero-order chi connectivity index (χ0) is 19.4. The van der Waals surface area contributed by atoms with Crippen molar-refractivity contribution in [3.63, 3.8) is 0 Å². The number of rotatable bonds is 7. The van der Waals surface area contributed by atoms with Crippen LogP contribution in [0.1, 0.15) is 11.4 Å². The van der Waals surface area contributed by atoms with Crippen molar-refractivity contribution in [2.24, 2.45) is 7.05 Å². The summed E-state index contributed by atoms with van der Waals surface area (Å²) in [5.74, 6) is 0.568. The van der Waals surface area contributed by atoms with E-state index in [9.17, 15) is 4.79 Å². The molecule has 0 aliphatic rings. The normalized spacial score (nSPS) is 12.3. The number of hydrogen-bond donors (Lipinski definition) is 0. The zero-order valence-electron chi connectivity index (χ0n) is 16.3. The van der Waals surface area contributed by atoms with Gasteiger partial charge in [-0.05, 0) is 17.7 Å². The molecule has 2 aromatic heterocycles. The number of nitrogens with zero attached hydrogens (tertiary/aromatic N) is 4. The van der Waals surface area contributed by atoms with E-state index < -0.39 is 8.07 Å². The van der Waals surface area contributed by atoms with Gasteiger partial charge >= 0.3 is 5.69 Å². The largest absolute Gasteiger partial charge is 0.361 e. The van der Waals surface area contributed by atoms with Crippen molar-refractivity contribution in [1.29, 1.82) is 0 Å². The van der Waals surface area contributed by atoms with E-state index in [-0.39, 0.29) is 12.4 Å². The van der Waals surface area contributed by atoms with E-state index in [0.717, 1.165) is 11.6 Å². The number of benzene rings is 1. The first kappa shape index (κ1) is 19.3. The number of fused-ring (bicyclic) bond motifs is 1. The average molecular weight is 383 g/mol. The third-order valence-corrected chi connectivity index (χ3v) is 6.04. The van der Waals surface area contributed by atoms with Crippen LogP contribution in [0.25, 0.3) is 23.3 Å². The Kier molecular flexibility index (Phi) is 5.72. The Balaban J connectivity index is 1.80. The molecule has 0 aliphatic carbocycles. The lowest BCUT2D eigenvalue weighted by molar-refractivity contribution is 0.0873. The quantitative estimate of drug-likeness (QED) is 0.463. The predicted molar refractivity (Wildman–Crippen MR) is 112 cm³/mol. The maximum absolute atomic E-state index is 12.5. The van der Waals surface area contributed by atoms with Crippen molar-refractivity contribution < 1.29 is 4.74 Å². The Morgan fingerprint density at radius 1 is 1.15 bits per heavy atom. The summed E-state index contributed by atoms with van der Waals surface area (Å²) < 4.78 is 8.88. The van der Waals surface area contributed by atoms with Gasteiger partial charge in [0.2, 0.25) is 0 Å². The van der Waals surface area contributed by atoms with Gasteiger partial charge in [0.15, 0.2) is 11.5 Å². The summed E-state index contributed by atoms with van der Waals surface area (Å²) in [5, 5.41) is 0. The van der Waals surface area contributed by atoms with E-state index in [2.05, 4.69) is 29.6 Å². The lowest BCUT2D eigenvalue weighted by Gasteiger charge is -2.15. The fourth-order valence-electron chi connectivity index (χ4n) is 2.67. The lowest BCUT2D eigenvalue weighted by atomic mass is 10.2. The van der Waals surface area contributed by atoms with E-state index in [1.54, 1.807) is 22.4 Å².